The van der Waals surface area contributed by atoms with Crippen molar-refractivity contribution in [1.82, 2.24) is 15.0 Å². The molecule has 1 atom stereocenters. The summed E-state index contributed by atoms with van der Waals surface area (Å²) in [7, 11) is 1.41. The number of hydrogen-bond donors (Lipinski definition) is 1. The number of benzene rings is 2. The standard InChI is InChI=1S/C36H36F3N5O2/c1-20(2)12-25-19-44(10-11-46-25)33-17-29(26(18-41-33)23-6-7-32(45-5)27(38)14-23)42-36-22(4)35(31-13-21(3)8-9-40-31)43-30-16-24(37)15-28(39)34(30)36/h6-9,13-18,20,25H,10-12,19H2,1-5H3,(H,41,42,43). The summed E-state index contributed by atoms with van der Waals surface area (Å²) in [6.45, 7) is 9.96. The number of aromatic nitrogens is 3. The number of ether oxygens (including phenoxy) is 2. The number of hydrogen-bond acceptors (Lipinski definition) is 7. The van der Waals surface area contributed by atoms with Crippen LogP contribution in [0.4, 0.5) is 30.4 Å². The maximum absolute atomic E-state index is 15.6. The van der Waals surface area contributed by atoms with Gasteiger partial charge in [0, 0.05) is 54.8 Å². The van der Waals surface area contributed by atoms with E-state index >= 15 is 4.39 Å². The summed E-state index contributed by atoms with van der Waals surface area (Å²) in [5, 5.41) is 3.59. The molecule has 0 bridgehead atoms. The summed E-state index contributed by atoms with van der Waals surface area (Å²) in [6, 6.07) is 12.4. The lowest BCUT2D eigenvalue weighted by Crippen LogP contribution is -2.43. The molecule has 1 fully saturated rings. The van der Waals surface area contributed by atoms with E-state index in [-0.39, 0.29) is 22.8 Å². The molecule has 238 valence electrons. The van der Waals surface area contributed by atoms with E-state index in [0.29, 0.717) is 70.9 Å². The van der Waals surface area contributed by atoms with Gasteiger partial charge in [-0.05, 0) is 61.6 Å². The Morgan fingerprint density at radius 2 is 1.85 bits per heavy atom. The van der Waals surface area contributed by atoms with Crippen LogP contribution in [0.15, 0.2) is 60.9 Å². The van der Waals surface area contributed by atoms with Gasteiger partial charge in [0.25, 0.3) is 0 Å². The summed E-state index contributed by atoms with van der Waals surface area (Å²) in [5.41, 5.74) is 4.86. The molecule has 5 aromatic rings. The molecule has 4 heterocycles. The van der Waals surface area contributed by atoms with Crippen LogP contribution in [-0.4, -0.2) is 47.9 Å². The van der Waals surface area contributed by atoms with Gasteiger partial charge in [0.05, 0.1) is 53.5 Å². The summed E-state index contributed by atoms with van der Waals surface area (Å²) in [5.74, 6) is -0.739. The topological polar surface area (TPSA) is 72.4 Å². The first-order chi connectivity index (χ1) is 22.1. The summed E-state index contributed by atoms with van der Waals surface area (Å²) in [6.07, 6.45) is 4.33. The first-order valence-corrected chi connectivity index (χ1v) is 15.3. The fourth-order valence-electron chi connectivity index (χ4n) is 5.99. The normalized spacial score (nSPS) is 15.1. The van der Waals surface area contributed by atoms with Gasteiger partial charge in [-0.1, -0.05) is 19.9 Å². The van der Waals surface area contributed by atoms with Crippen molar-refractivity contribution in [1.29, 1.82) is 0 Å². The smallest absolute Gasteiger partial charge is 0.165 e. The molecule has 0 saturated carbocycles. The van der Waals surface area contributed by atoms with Gasteiger partial charge in [0.2, 0.25) is 0 Å². The van der Waals surface area contributed by atoms with Crippen LogP contribution in [0.25, 0.3) is 33.4 Å². The molecule has 2 aromatic carbocycles. The number of anilines is 3. The SMILES string of the molecule is COc1ccc(-c2cnc(N3CCOC(CC(C)C)C3)cc2Nc2c(C)c(-c3cc(C)ccn3)nc3cc(F)cc(F)c23)cc1F. The number of methoxy groups -OCH3 is 1. The van der Waals surface area contributed by atoms with Gasteiger partial charge in [-0.15, -0.1) is 0 Å². The van der Waals surface area contributed by atoms with Gasteiger partial charge in [0.15, 0.2) is 11.6 Å². The minimum atomic E-state index is -0.757. The quantitative estimate of drug-likeness (QED) is 0.185. The maximum Gasteiger partial charge on any atom is 0.165 e. The minimum absolute atomic E-state index is 0.0575. The zero-order valence-corrected chi connectivity index (χ0v) is 26.5. The van der Waals surface area contributed by atoms with Crippen LogP contribution in [0.3, 0.4) is 0 Å². The number of pyridine rings is 3. The van der Waals surface area contributed by atoms with Gasteiger partial charge in [-0.2, -0.15) is 0 Å². The minimum Gasteiger partial charge on any atom is -0.494 e. The van der Waals surface area contributed by atoms with Crippen LogP contribution in [0.2, 0.25) is 0 Å². The Hall–Kier alpha value is -4.70. The first kappa shape index (κ1) is 31.3. The van der Waals surface area contributed by atoms with Crippen molar-refractivity contribution in [2.24, 2.45) is 5.92 Å². The largest absolute Gasteiger partial charge is 0.494 e. The van der Waals surface area contributed by atoms with Crippen molar-refractivity contribution in [2.75, 3.05) is 37.0 Å². The number of nitrogens with zero attached hydrogens (tertiary/aromatic N) is 4. The Morgan fingerprint density at radius 3 is 2.59 bits per heavy atom. The van der Waals surface area contributed by atoms with E-state index in [1.165, 1.54) is 19.2 Å². The molecule has 1 N–H and O–H groups in total. The molecule has 7 nitrogen and oxygen atoms in total. The molecule has 3 aromatic heterocycles. The molecular weight excluding hydrogens is 591 g/mol. The van der Waals surface area contributed by atoms with Crippen LogP contribution in [0.1, 0.15) is 31.4 Å². The maximum atomic E-state index is 15.6. The highest BCUT2D eigenvalue weighted by Gasteiger charge is 2.25. The van der Waals surface area contributed by atoms with Crippen molar-refractivity contribution in [2.45, 2.75) is 40.2 Å². The molecule has 0 aliphatic carbocycles. The molecule has 10 heteroatoms. The third-order valence-electron chi connectivity index (χ3n) is 8.21. The molecule has 1 aliphatic heterocycles. The number of nitrogens with one attached hydrogen (secondary N) is 1. The molecule has 1 unspecified atom stereocenters. The average molecular weight is 628 g/mol. The Bertz CT molecular complexity index is 1920. The Kier molecular flexibility index (Phi) is 8.82. The van der Waals surface area contributed by atoms with Gasteiger partial charge >= 0.3 is 0 Å². The third-order valence-corrected chi connectivity index (χ3v) is 8.21. The molecule has 1 saturated heterocycles. The fourth-order valence-corrected chi connectivity index (χ4v) is 5.99. The summed E-state index contributed by atoms with van der Waals surface area (Å²) < 4.78 is 56.3. The zero-order chi connectivity index (χ0) is 32.5. The molecule has 6 rings (SSSR count). The van der Waals surface area contributed by atoms with Crippen LogP contribution in [0, 0.1) is 37.2 Å². The predicted octanol–water partition coefficient (Wildman–Crippen LogP) is 8.40. The fraction of sp³-hybridized carbons (Fsp3) is 0.306. The van der Waals surface area contributed by atoms with Crippen molar-refractivity contribution in [3.63, 3.8) is 0 Å². The van der Waals surface area contributed by atoms with E-state index in [0.717, 1.165) is 18.1 Å². The lowest BCUT2D eigenvalue weighted by molar-refractivity contribution is 0.0273. The molecule has 0 spiro atoms. The van der Waals surface area contributed by atoms with Crippen molar-refractivity contribution in [3.05, 3.63) is 89.5 Å². The van der Waals surface area contributed by atoms with Crippen molar-refractivity contribution >= 4 is 28.1 Å². The second kappa shape index (κ2) is 13.0. The highest BCUT2D eigenvalue weighted by atomic mass is 19.1. The van der Waals surface area contributed by atoms with Gasteiger partial charge in [-0.3, -0.25) is 4.98 Å². The van der Waals surface area contributed by atoms with E-state index in [9.17, 15) is 8.78 Å². The monoisotopic (exact) mass is 627 g/mol. The van der Waals surface area contributed by atoms with Crippen LogP contribution < -0.4 is 15.0 Å². The second-order valence-electron chi connectivity index (χ2n) is 12.1. The van der Waals surface area contributed by atoms with E-state index in [1.807, 2.05) is 32.0 Å². The Morgan fingerprint density at radius 1 is 1.02 bits per heavy atom. The van der Waals surface area contributed by atoms with Crippen LogP contribution >= 0.6 is 0 Å². The first-order valence-electron chi connectivity index (χ1n) is 15.3. The summed E-state index contributed by atoms with van der Waals surface area (Å²) in [4.78, 5) is 16.1. The lowest BCUT2D eigenvalue weighted by Gasteiger charge is -2.35. The molecule has 0 amide bonds. The Balaban J connectivity index is 1.53. The predicted molar refractivity (Wildman–Crippen MR) is 175 cm³/mol. The summed E-state index contributed by atoms with van der Waals surface area (Å²) >= 11 is 0. The molecule has 1 aliphatic rings. The second-order valence-corrected chi connectivity index (χ2v) is 12.1. The number of fused-ring (bicyclic) bond motifs is 1. The number of halogens is 3. The van der Waals surface area contributed by atoms with Gasteiger partial charge in [-0.25, -0.2) is 23.1 Å². The third kappa shape index (κ3) is 6.35. The molecule has 0 radical (unpaired) electrons. The van der Waals surface area contributed by atoms with Crippen molar-refractivity contribution in [3.8, 4) is 28.3 Å². The van der Waals surface area contributed by atoms with E-state index in [2.05, 4.69) is 34.0 Å². The number of aryl methyl sites for hydroxylation is 1. The van der Waals surface area contributed by atoms with Crippen LogP contribution in [-0.2, 0) is 4.74 Å². The van der Waals surface area contributed by atoms with E-state index < -0.39 is 17.5 Å². The zero-order valence-electron chi connectivity index (χ0n) is 26.5. The van der Waals surface area contributed by atoms with E-state index in [1.54, 1.807) is 24.5 Å². The number of morpholine rings is 1. The lowest BCUT2D eigenvalue weighted by atomic mass is 10.0. The number of rotatable bonds is 8. The van der Waals surface area contributed by atoms with Crippen molar-refractivity contribution < 1.29 is 22.6 Å². The van der Waals surface area contributed by atoms with E-state index in [4.69, 9.17) is 14.5 Å². The Labute approximate surface area is 266 Å². The average Bonchev–Trinajstić information content (AvgIpc) is 3.02. The molecular formula is C36H36F3N5O2. The molecule has 46 heavy (non-hydrogen) atoms. The van der Waals surface area contributed by atoms with Crippen LogP contribution in [0.5, 0.6) is 5.75 Å². The van der Waals surface area contributed by atoms with Gasteiger partial charge in [0.1, 0.15) is 17.5 Å². The highest BCUT2D eigenvalue weighted by molar-refractivity contribution is 5.99. The van der Waals surface area contributed by atoms with Gasteiger partial charge < -0.3 is 19.7 Å². The highest BCUT2D eigenvalue weighted by Crippen LogP contribution is 2.40.